The van der Waals surface area contributed by atoms with Crippen LogP contribution in [-0.4, -0.2) is 28.7 Å². The van der Waals surface area contributed by atoms with E-state index in [1.54, 1.807) is 12.1 Å². The highest BCUT2D eigenvalue weighted by Crippen LogP contribution is 2.37. The largest absolute Gasteiger partial charge is 0.490 e. The predicted octanol–water partition coefficient (Wildman–Crippen LogP) is 5.83. The van der Waals surface area contributed by atoms with Crippen LogP contribution in [0.3, 0.4) is 0 Å². The smallest absolute Gasteiger partial charge is 0.321 e. The number of nitrogens with one attached hydrogen (secondary N) is 2. The van der Waals surface area contributed by atoms with Gasteiger partial charge in [-0.3, -0.25) is 4.79 Å². The minimum Gasteiger partial charge on any atom is -0.490 e. The lowest BCUT2D eigenvalue weighted by atomic mass is 10.0. The third-order valence-electron chi connectivity index (χ3n) is 5.62. The van der Waals surface area contributed by atoms with Crippen LogP contribution in [0.1, 0.15) is 23.6 Å². The second kappa shape index (κ2) is 11.4. The van der Waals surface area contributed by atoms with Crippen LogP contribution in [0.4, 0.5) is 4.39 Å². The van der Waals surface area contributed by atoms with Crippen molar-refractivity contribution < 1.29 is 23.8 Å². The first kappa shape index (κ1) is 24.8. The Morgan fingerprint density at radius 3 is 2.63 bits per heavy atom. The number of halogens is 2. The number of aromatic nitrogens is 1. The maximum absolute atomic E-state index is 13.2. The number of hydrogen-bond acceptors (Lipinski definition) is 4. The average molecular weight is 541 g/mol. The maximum atomic E-state index is 13.2. The highest BCUT2D eigenvalue weighted by molar-refractivity contribution is 9.10. The minimum absolute atomic E-state index is 0.252. The summed E-state index contributed by atoms with van der Waals surface area (Å²) in [5.41, 5.74) is 3.60. The monoisotopic (exact) mass is 540 g/mol. The van der Waals surface area contributed by atoms with Crippen molar-refractivity contribution in [3.8, 4) is 11.5 Å². The predicted molar refractivity (Wildman–Crippen MR) is 136 cm³/mol. The molecule has 8 heteroatoms. The Labute approximate surface area is 211 Å². The van der Waals surface area contributed by atoms with Gasteiger partial charge in [0.15, 0.2) is 11.5 Å². The molecule has 6 nitrogen and oxygen atoms in total. The number of benzene rings is 3. The number of ether oxygens (including phenoxy) is 2. The van der Waals surface area contributed by atoms with Gasteiger partial charge in [-0.15, -0.1) is 0 Å². The summed E-state index contributed by atoms with van der Waals surface area (Å²) < 4.78 is 25.6. The second-order valence-corrected chi connectivity index (χ2v) is 8.94. The highest BCUT2D eigenvalue weighted by Gasteiger charge is 2.20. The van der Waals surface area contributed by atoms with Crippen molar-refractivity contribution in [2.75, 3.05) is 6.61 Å². The first-order valence-corrected chi connectivity index (χ1v) is 12.1. The standard InChI is InChI=1S/C27H26BrFN2O4/c1-2-34-25-12-18(11-22(28)26(25)35-16-17-7-9-20(29)10-8-17)14-30-24(27(32)33)13-19-15-31-23-6-4-3-5-21(19)23/h3-12,15,24,30-31H,2,13-14,16H2,1H3,(H,32,33)/t24-/m0/s1. The van der Waals surface area contributed by atoms with E-state index in [2.05, 4.69) is 26.2 Å². The van der Waals surface area contributed by atoms with E-state index in [1.807, 2.05) is 49.5 Å². The molecular weight excluding hydrogens is 515 g/mol. The number of hydrogen-bond donors (Lipinski definition) is 3. The quantitative estimate of drug-likeness (QED) is 0.223. The Balaban J connectivity index is 1.47. The Kier molecular flexibility index (Phi) is 8.05. The molecule has 0 aliphatic carbocycles. The minimum atomic E-state index is -0.918. The number of H-pyrrole nitrogens is 1. The maximum Gasteiger partial charge on any atom is 0.321 e. The molecule has 1 atom stereocenters. The number of carbonyl (C=O) groups is 1. The summed E-state index contributed by atoms with van der Waals surface area (Å²) in [6.45, 7) is 2.90. The molecule has 3 aromatic carbocycles. The Morgan fingerprint density at radius 1 is 1.11 bits per heavy atom. The topological polar surface area (TPSA) is 83.6 Å². The molecule has 1 aromatic heterocycles. The van der Waals surface area contributed by atoms with Crippen molar-refractivity contribution in [2.24, 2.45) is 0 Å². The molecular formula is C27H26BrFN2O4. The molecule has 0 radical (unpaired) electrons. The highest BCUT2D eigenvalue weighted by atomic mass is 79.9. The summed E-state index contributed by atoms with van der Waals surface area (Å²) in [4.78, 5) is 15.2. The van der Waals surface area contributed by atoms with Crippen molar-refractivity contribution in [2.45, 2.75) is 32.5 Å². The SMILES string of the molecule is CCOc1cc(CN[C@@H](Cc2c[nH]c3ccccc23)C(=O)O)cc(Br)c1OCc1ccc(F)cc1. The zero-order valence-corrected chi connectivity index (χ0v) is 20.8. The Hall–Kier alpha value is -3.36. The van der Waals surface area contributed by atoms with E-state index in [9.17, 15) is 14.3 Å². The molecule has 0 spiro atoms. The first-order valence-electron chi connectivity index (χ1n) is 11.3. The molecule has 4 rings (SSSR count). The molecule has 182 valence electrons. The van der Waals surface area contributed by atoms with Gasteiger partial charge in [-0.2, -0.15) is 0 Å². The molecule has 0 saturated carbocycles. The third kappa shape index (κ3) is 6.21. The lowest BCUT2D eigenvalue weighted by molar-refractivity contribution is -0.139. The number of aliphatic carboxylic acids is 1. The van der Waals surface area contributed by atoms with E-state index >= 15 is 0 Å². The molecule has 0 fully saturated rings. The molecule has 0 bridgehead atoms. The van der Waals surface area contributed by atoms with Crippen molar-refractivity contribution in [1.29, 1.82) is 0 Å². The fraction of sp³-hybridized carbons (Fsp3) is 0.222. The Bertz CT molecular complexity index is 1310. The first-order chi connectivity index (χ1) is 16.9. The van der Waals surface area contributed by atoms with Crippen molar-refractivity contribution in [3.05, 3.63) is 93.8 Å². The van der Waals surface area contributed by atoms with Crippen LogP contribution >= 0.6 is 15.9 Å². The fourth-order valence-electron chi connectivity index (χ4n) is 3.87. The summed E-state index contributed by atoms with van der Waals surface area (Å²) in [5, 5.41) is 14.0. The van der Waals surface area contributed by atoms with Crippen LogP contribution in [0.25, 0.3) is 10.9 Å². The molecule has 0 saturated heterocycles. The van der Waals surface area contributed by atoms with Gasteiger partial charge < -0.3 is 24.9 Å². The number of aromatic amines is 1. The van der Waals surface area contributed by atoms with Crippen LogP contribution in [0.15, 0.2) is 71.3 Å². The molecule has 0 amide bonds. The zero-order chi connectivity index (χ0) is 24.8. The van der Waals surface area contributed by atoms with Gasteiger partial charge in [0.05, 0.1) is 11.1 Å². The summed E-state index contributed by atoms with van der Waals surface area (Å²) in [5.74, 6) is -0.137. The van der Waals surface area contributed by atoms with E-state index in [0.717, 1.165) is 27.6 Å². The number of para-hydroxylation sites is 1. The zero-order valence-electron chi connectivity index (χ0n) is 19.2. The van der Waals surface area contributed by atoms with Crippen molar-refractivity contribution in [3.63, 3.8) is 0 Å². The van der Waals surface area contributed by atoms with Gasteiger partial charge in [0, 0.05) is 30.1 Å². The fourth-order valence-corrected chi connectivity index (χ4v) is 4.47. The van der Waals surface area contributed by atoms with Gasteiger partial charge >= 0.3 is 5.97 Å². The summed E-state index contributed by atoms with van der Waals surface area (Å²) in [7, 11) is 0. The summed E-state index contributed by atoms with van der Waals surface area (Å²) >= 11 is 3.55. The van der Waals surface area contributed by atoms with Crippen LogP contribution in [0, 0.1) is 5.82 Å². The van der Waals surface area contributed by atoms with Gasteiger partial charge in [0.25, 0.3) is 0 Å². The molecule has 1 heterocycles. The van der Waals surface area contributed by atoms with Gasteiger partial charge in [0.2, 0.25) is 0 Å². The summed E-state index contributed by atoms with van der Waals surface area (Å²) in [6, 6.07) is 16.9. The number of carboxylic acids is 1. The van der Waals surface area contributed by atoms with Crippen LogP contribution in [-0.2, 0) is 24.4 Å². The van der Waals surface area contributed by atoms with Gasteiger partial charge in [-0.05, 0) is 69.9 Å². The molecule has 0 aliphatic rings. The second-order valence-electron chi connectivity index (χ2n) is 8.09. The van der Waals surface area contributed by atoms with Crippen molar-refractivity contribution in [1.82, 2.24) is 10.3 Å². The lowest BCUT2D eigenvalue weighted by Gasteiger charge is -2.18. The third-order valence-corrected chi connectivity index (χ3v) is 6.20. The molecule has 3 N–H and O–H groups in total. The number of rotatable bonds is 11. The van der Waals surface area contributed by atoms with Crippen molar-refractivity contribution >= 4 is 32.8 Å². The number of fused-ring (bicyclic) bond motifs is 1. The number of carboxylic acid groups (broad SMARTS) is 1. The van der Waals surface area contributed by atoms with E-state index < -0.39 is 12.0 Å². The van der Waals surface area contributed by atoms with Gasteiger partial charge in [0.1, 0.15) is 18.5 Å². The van der Waals surface area contributed by atoms with E-state index in [1.165, 1.54) is 12.1 Å². The van der Waals surface area contributed by atoms with Gasteiger partial charge in [-0.25, -0.2) is 4.39 Å². The van der Waals surface area contributed by atoms with Gasteiger partial charge in [-0.1, -0.05) is 30.3 Å². The average Bonchev–Trinajstić information content (AvgIpc) is 3.25. The molecule has 0 unspecified atom stereocenters. The van der Waals surface area contributed by atoms with E-state index in [4.69, 9.17) is 9.47 Å². The van der Waals surface area contributed by atoms with E-state index in [-0.39, 0.29) is 12.4 Å². The normalized spacial score (nSPS) is 12.0. The van der Waals surface area contributed by atoms with E-state index in [0.29, 0.717) is 35.5 Å². The van der Waals surface area contributed by atoms with Crippen LogP contribution in [0.2, 0.25) is 0 Å². The van der Waals surface area contributed by atoms with Crippen LogP contribution < -0.4 is 14.8 Å². The Morgan fingerprint density at radius 2 is 1.89 bits per heavy atom. The molecule has 35 heavy (non-hydrogen) atoms. The lowest BCUT2D eigenvalue weighted by Crippen LogP contribution is -2.38. The summed E-state index contributed by atoms with van der Waals surface area (Å²) in [6.07, 6.45) is 2.21. The molecule has 4 aromatic rings. The molecule has 0 aliphatic heterocycles. The van der Waals surface area contributed by atoms with Crippen LogP contribution in [0.5, 0.6) is 11.5 Å².